The summed E-state index contributed by atoms with van der Waals surface area (Å²) in [7, 11) is 3.97. The highest BCUT2D eigenvalue weighted by molar-refractivity contribution is 5.27. The molecule has 2 aromatic rings. The van der Waals surface area contributed by atoms with Crippen LogP contribution in [0.25, 0.3) is 0 Å². The Morgan fingerprint density at radius 3 is 2.31 bits per heavy atom. The van der Waals surface area contributed by atoms with Crippen LogP contribution in [0.4, 0.5) is 0 Å². The summed E-state index contributed by atoms with van der Waals surface area (Å²) in [6.07, 6.45) is 3.77. The van der Waals surface area contributed by atoms with Gasteiger partial charge in [-0.25, -0.2) is 0 Å². The molecular weight excluding hydrogens is 320 g/mol. The van der Waals surface area contributed by atoms with E-state index in [0.29, 0.717) is 0 Å². The molecule has 1 fully saturated rings. The van der Waals surface area contributed by atoms with Crippen LogP contribution in [0.1, 0.15) is 24.0 Å². The van der Waals surface area contributed by atoms with Crippen molar-refractivity contribution >= 4 is 0 Å². The third-order valence-electron chi connectivity index (χ3n) is 5.45. The van der Waals surface area contributed by atoms with Crippen LogP contribution >= 0.6 is 0 Å². The molecule has 0 aliphatic carbocycles. The second kappa shape index (κ2) is 9.75. The van der Waals surface area contributed by atoms with Crippen molar-refractivity contribution in [2.75, 3.05) is 40.3 Å². The minimum Gasteiger partial charge on any atom is -0.497 e. The third kappa shape index (κ3) is 5.86. The summed E-state index contributed by atoms with van der Waals surface area (Å²) >= 11 is 0. The first kappa shape index (κ1) is 18.9. The first-order valence-electron chi connectivity index (χ1n) is 9.80. The van der Waals surface area contributed by atoms with Gasteiger partial charge < -0.3 is 14.5 Å². The molecule has 1 heterocycles. The maximum atomic E-state index is 5.23. The Hall–Kier alpha value is -1.84. The van der Waals surface area contributed by atoms with E-state index >= 15 is 0 Å². The predicted octanol–water partition coefficient (Wildman–Crippen LogP) is 4.08. The molecule has 0 amide bonds. The van der Waals surface area contributed by atoms with Crippen LogP contribution in [0.15, 0.2) is 54.6 Å². The smallest absolute Gasteiger partial charge is 0.118 e. The number of nitrogens with zero attached hydrogens (tertiary/aromatic N) is 2. The van der Waals surface area contributed by atoms with Gasteiger partial charge in [-0.05, 0) is 68.6 Å². The minimum absolute atomic E-state index is 0.834. The molecule has 3 nitrogen and oxygen atoms in total. The molecule has 1 saturated heterocycles. The molecule has 3 rings (SSSR count). The minimum atomic E-state index is 0.834. The topological polar surface area (TPSA) is 15.7 Å². The van der Waals surface area contributed by atoms with Gasteiger partial charge in [0.25, 0.3) is 0 Å². The van der Waals surface area contributed by atoms with Crippen LogP contribution in [-0.4, -0.2) is 50.1 Å². The molecule has 0 bridgehead atoms. The van der Waals surface area contributed by atoms with E-state index in [1.165, 1.54) is 50.1 Å². The number of hydrogen-bond donors (Lipinski definition) is 0. The number of likely N-dealkylation sites (tertiary alicyclic amines) is 1. The Kier molecular flexibility index (Phi) is 7.10. The molecule has 0 N–H and O–H groups in total. The molecule has 0 radical (unpaired) electrons. The first-order chi connectivity index (χ1) is 12.7. The summed E-state index contributed by atoms with van der Waals surface area (Å²) in [6, 6.07) is 19.3. The Morgan fingerprint density at radius 1 is 0.962 bits per heavy atom. The van der Waals surface area contributed by atoms with Crippen molar-refractivity contribution in [3.63, 3.8) is 0 Å². The van der Waals surface area contributed by atoms with E-state index in [1.54, 1.807) is 7.11 Å². The molecule has 0 atom stereocenters. The van der Waals surface area contributed by atoms with Gasteiger partial charge in [-0.15, -0.1) is 0 Å². The molecule has 1 aliphatic heterocycles. The lowest BCUT2D eigenvalue weighted by atomic mass is 9.96. The van der Waals surface area contributed by atoms with Crippen molar-refractivity contribution in [3.05, 3.63) is 65.7 Å². The first-order valence-corrected chi connectivity index (χ1v) is 9.80. The average Bonchev–Trinajstić information content (AvgIpc) is 2.68. The van der Waals surface area contributed by atoms with E-state index in [9.17, 15) is 0 Å². The van der Waals surface area contributed by atoms with E-state index in [4.69, 9.17) is 4.74 Å². The molecule has 3 heteroatoms. The molecule has 140 valence electrons. The molecular formula is C23H32N2O. The zero-order valence-corrected chi connectivity index (χ0v) is 16.2. The van der Waals surface area contributed by atoms with Gasteiger partial charge in [0, 0.05) is 19.6 Å². The highest BCUT2D eigenvalue weighted by atomic mass is 16.5. The molecule has 1 aliphatic rings. The highest BCUT2D eigenvalue weighted by Crippen LogP contribution is 2.19. The zero-order valence-electron chi connectivity index (χ0n) is 16.2. The maximum Gasteiger partial charge on any atom is 0.118 e. The number of ether oxygens (including phenoxy) is 1. The van der Waals surface area contributed by atoms with Gasteiger partial charge in [-0.1, -0.05) is 42.5 Å². The normalized spacial score (nSPS) is 16.1. The SMILES string of the molecule is COc1ccc(CCN2CCC(CN(C)Cc3ccccc3)CC2)cc1. The summed E-state index contributed by atoms with van der Waals surface area (Å²) in [5.41, 5.74) is 2.81. The fraction of sp³-hybridized carbons (Fsp3) is 0.478. The van der Waals surface area contributed by atoms with Crippen molar-refractivity contribution in [3.8, 4) is 5.75 Å². The lowest BCUT2D eigenvalue weighted by Gasteiger charge is -2.34. The van der Waals surface area contributed by atoms with Crippen LogP contribution < -0.4 is 4.74 Å². The second-order valence-corrected chi connectivity index (χ2v) is 7.57. The third-order valence-corrected chi connectivity index (χ3v) is 5.45. The van der Waals surface area contributed by atoms with Gasteiger partial charge in [0.05, 0.1) is 7.11 Å². The Morgan fingerprint density at radius 2 is 1.65 bits per heavy atom. The van der Waals surface area contributed by atoms with E-state index in [0.717, 1.165) is 24.6 Å². The molecule has 0 unspecified atom stereocenters. The fourth-order valence-corrected chi connectivity index (χ4v) is 3.87. The lowest BCUT2D eigenvalue weighted by molar-refractivity contribution is 0.153. The average molecular weight is 353 g/mol. The lowest BCUT2D eigenvalue weighted by Crippen LogP contribution is -2.38. The van der Waals surface area contributed by atoms with Crippen LogP contribution in [-0.2, 0) is 13.0 Å². The quantitative estimate of drug-likeness (QED) is 0.712. The Balaban J connectivity index is 1.35. The maximum absolute atomic E-state index is 5.23. The van der Waals surface area contributed by atoms with Gasteiger partial charge in [0.15, 0.2) is 0 Å². The summed E-state index contributed by atoms with van der Waals surface area (Å²) in [5.74, 6) is 1.77. The van der Waals surface area contributed by atoms with Crippen LogP contribution in [0.3, 0.4) is 0 Å². The van der Waals surface area contributed by atoms with Crippen LogP contribution in [0.5, 0.6) is 5.75 Å². The van der Waals surface area contributed by atoms with Gasteiger partial charge in [0.2, 0.25) is 0 Å². The largest absolute Gasteiger partial charge is 0.497 e. The molecule has 0 saturated carbocycles. The summed E-state index contributed by atoms with van der Waals surface area (Å²) in [6.45, 7) is 5.90. The number of piperidine rings is 1. The van der Waals surface area contributed by atoms with Crippen molar-refractivity contribution in [2.45, 2.75) is 25.8 Å². The number of hydrogen-bond acceptors (Lipinski definition) is 3. The van der Waals surface area contributed by atoms with Crippen LogP contribution in [0, 0.1) is 5.92 Å². The Bertz CT molecular complexity index is 633. The van der Waals surface area contributed by atoms with Crippen molar-refractivity contribution in [1.82, 2.24) is 9.80 Å². The highest BCUT2D eigenvalue weighted by Gasteiger charge is 2.20. The molecule has 0 aromatic heterocycles. The summed E-state index contributed by atoms with van der Waals surface area (Å²) in [5, 5.41) is 0. The van der Waals surface area contributed by atoms with Crippen molar-refractivity contribution in [1.29, 1.82) is 0 Å². The standard InChI is InChI=1S/C23H32N2O/c1-24(18-21-6-4-3-5-7-21)19-22-13-16-25(17-14-22)15-12-20-8-10-23(26-2)11-9-20/h3-11,22H,12-19H2,1-2H3. The van der Waals surface area contributed by atoms with Gasteiger partial charge in [-0.2, -0.15) is 0 Å². The number of benzene rings is 2. The second-order valence-electron chi connectivity index (χ2n) is 7.57. The molecule has 0 spiro atoms. The van der Waals surface area contributed by atoms with E-state index < -0.39 is 0 Å². The van der Waals surface area contributed by atoms with Crippen LogP contribution in [0.2, 0.25) is 0 Å². The monoisotopic (exact) mass is 352 g/mol. The van der Waals surface area contributed by atoms with E-state index in [2.05, 4.69) is 71.4 Å². The summed E-state index contributed by atoms with van der Waals surface area (Å²) in [4.78, 5) is 5.10. The van der Waals surface area contributed by atoms with Crippen molar-refractivity contribution in [2.24, 2.45) is 5.92 Å². The Labute approximate surface area is 158 Å². The van der Waals surface area contributed by atoms with Gasteiger partial charge in [-0.3, -0.25) is 0 Å². The van der Waals surface area contributed by atoms with E-state index in [1.807, 2.05) is 0 Å². The predicted molar refractivity (Wildman–Crippen MR) is 109 cm³/mol. The number of methoxy groups -OCH3 is 1. The summed E-state index contributed by atoms with van der Waals surface area (Å²) < 4.78 is 5.23. The van der Waals surface area contributed by atoms with Gasteiger partial charge in [0.1, 0.15) is 5.75 Å². The zero-order chi connectivity index (χ0) is 18.2. The number of rotatable bonds is 8. The van der Waals surface area contributed by atoms with E-state index in [-0.39, 0.29) is 0 Å². The fourth-order valence-electron chi connectivity index (χ4n) is 3.87. The molecule has 26 heavy (non-hydrogen) atoms. The van der Waals surface area contributed by atoms with Gasteiger partial charge >= 0.3 is 0 Å². The molecule has 2 aromatic carbocycles. The van der Waals surface area contributed by atoms with Crippen molar-refractivity contribution < 1.29 is 4.74 Å².